The Hall–Kier alpha value is 0.171. The molecule has 0 amide bonds. The zero-order chi connectivity index (χ0) is 11.1. The van der Waals surface area contributed by atoms with Crippen LogP contribution >= 0.6 is 0 Å². The van der Waals surface area contributed by atoms with E-state index in [1.165, 1.54) is 5.17 Å². The maximum absolute atomic E-state index is 7.61. The minimum absolute atomic E-state index is 0. The quantitative estimate of drug-likeness (QED) is 0.369. The zero-order valence-electron chi connectivity index (χ0n) is 10.5. The molecule has 1 aliphatic carbocycles. The SMILES string of the molecule is C[Si](C)=C1C=CC=CC1[NH-].[Cl-].[Cl-].[Ti+4].c1cc[cH-]c1. The van der Waals surface area contributed by atoms with Gasteiger partial charge >= 0.3 is 21.7 Å². The van der Waals surface area contributed by atoms with Gasteiger partial charge in [-0.15, -0.1) is 0 Å². The Kier molecular flexibility index (Phi) is 17.6. The van der Waals surface area contributed by atoms with Crippen molar-refractivity contribution in [2.24, 2.45) is 0 Å². The second-order valence-corrected chi connectivity index (χ2v) is 6.22. The monoisotopic (exact) mass is 333 g/mol. The van der Waals surface area contributed by atoms with Crippen molar-refractivity contribution in [3.63, 3.8) is 0 Å². The summed E-state index contributed by atoms with van der Waals surface area (Å²) in [5, 5.41) is 1.31. The van der Waals surface area contributed by atoms with E-state index in [4.69, 9.17) is 5.73 Å². The maximum Gasteiger partial charge on any atom is 4.00 e. The topological polar surface area (TPSA) is 23.8 Å². The van der Waals surface area contributed by atoms with E-state index in [9.17, 15) is 0 Å². The molecule has 0 spiro atoms. The molecule has 5 heteroatoms. The predicted octanol–water partition coefficient (Wildman–Crippen LogP) is -2.55. The largest absolute Gasteiger partial charge is 4.00 e. The van der Waals surface area contributed by atoms with Crippen LogP contribution < -0.4 is 24.8 Å². The Morgan fingerprint density at radius 1 is 1.11 bits per heavy atom. The van der Waals surface area contributed by atoms with E-state index in [1.54, 1.807) is 0 Å². The first-order chi connectivity index (χ1) is 7.22. The third-order valence-corrected chi connectivity index (χ3v) is 3.79. The normalized spacial score (nSPS) is 15.3. The van der Waals surface area contributed by atoms with Crippen molar-refractivity contribution in [1.29, 1.82) is 0 Å². The van der Waals surface area contributed by atoms with Crippen molar-refractivity contribution in [2.75, 3.05) is 0 Å². The van der Waals surface area contributed by atoms with Crippen molar-refractivity contribution in [3.05, 3.63) is 60.4 Å². The summed E-state index contributed by atoms with van der Waals surface area (Å²) in [6.07, 6.45) is 8.00. The van der Waals surface area contributed by atoms with Crippen molar-refractivity contribution in [3.8, 4) is 0 Å². The molecule has 1 aliphatic rings. The van der Waals surface area contributed by atoms with Gasteiger partial charge in [-0.2, -0.15) is 18.2 Å². The second-order valence-electron chi connectivity index (χ2n) is 3.64. The van der Waals surface area contributed by atoms with Gasteiger partial charge < -0.3 is 30.5 Å². The summed E-state index contributed by atoms with van der Waals surface area (Å²) >= 11 is 0. The van der Waals surface area contributed by atoms with Gasteiger partial charge in [-0.25, -0.2) is 12.1 Å². The van der Waals surface area contributed by atoms with Crippen molar-refractivity contribution in [2.45, 2.75) is 19.1 Å². The van der Waals surface area contributed by atoms with E-state index < -0.39 is 8.41 Å². The van der Waals surface area contributed by atoms with E-state index >= 15 is 0 Å². The van der Waals surface area contributed by atoms with E-state index in [2.05, 4.69) is 19.2 Å². The van der Waals surface area contributed by atoms with Crippen molar-refractivity contribution in [1.82, 2.24) is 0 Å². The van der Waals surface area contributed by atoms with Gasteiger partial charge in [-0.05, 0) is 0 Å². The first-order valence-corrected chi connectivity index (χ1v) is 7.62. The summed E-state index contributed by atoms with van der Waals surface area (Å²) in [4.78, 5) is 0. The van der Waals surface area contributed by atoms with Gasteiger partial charge in [0.1, 0.15) is 0 Å². The zero-order valence-corrected chi connectivity index (χ0v) is 14.6. The first-order valence-electron chi connectivity index (χ1n) is 5.12. The molecule has 0 fully saturated rings. The Morgan fingerprint density at radius 2 is 1.67 bits per heavy atom. The van der Waals surface area contributed by atoms with Crippen LogP contribution in [0.2, 0.25) is 13.1 Å². The third-order valence-electron chi connectivity index (χ3n) is 2.16. The molecule has 1 aromatic carbocycles. The summed E-state index contributed by atoms with van der Waals surface area (Å²) < 4.78 is 0. The average molecular weight is 334 g/mol. The van der Waals surface area contributed by atoms with E-state index in [-0.39, 0.29) is 52.6 Å². The average Bonchev–Trinajstić information content (AvgIpc) is 2.75. The molecule has 0 aromatic heterocycles. The van der Waals surface area contributed by atoms with Crippen LogP contribution in [-0.2, 0) is 21.7 Å². The van der Waals surface area contributed by atoms with Crippen LogP contribution in [0.3, 0.4) is 0 Å². The molecule has 1 nitrogen and oxygen atoms in total. The summed E-state index contributed by atoms with van der Waals surface area (Å²) in [7, 11) is -0.393. The molecule has 2 rings (SSSR count). The molecule has 0 saturated heterocycles. The summed E-state index contributed by atoms with van der Waals surface area (Å²) in [6, 6.07) is 9.94. The molecule has 0 radical (unpaired) electrons. The van der Waals surface area contributed by atoms with E-state index in [1.807, 2.05) is 48.6 Å². The van der Waals surface area contributed by atoms with Crippen molar-refractivity contribution < 1.29 is 46.5 Å². The van der Waals surface area contributed by atoms with Crippen LogP contribution in [0.4, 0.5) is 0 Å². The molecular weight excluding hydrogens is 317 g/mol. The van der Waals surface area contributed by atoms with Crippen LogP contribution in [0.5, 0.6) is 0 Å². The van der Waals surface area contributed by atoms with E-state index in [0.29, 0.717) is 0 Å². The third kappa shape index (κ3) is 9.15. The number of hydrogen-bond acceptors (Lipinski definition) is 0. The Labute approximate surface area is 139 Å². The van der Waals surface area contributed by atoms with Crippen LogP contribution in [0.25, 0.3) is 5.73 Å². The molecule has 0 heterocycles. The van der Waals surface area contributed by atoms with Crippen molar-refractivity contribution >= 4 is 13.6 Å². The molecule has 0 saturated carbocycles. The molecule has 1 unspecified atom stereocenters. The number of nitrogens with one attached hydrogen (secondary N) is 1. The second kappa shape index (κ2) is 13.6. The molecule has 0 aliphatic heterocycles. The van der Waals surface area contributed by atoms with Crippen LogP contribution in [-0.4, -0.2) is 19.6 Å². The number of allylic oxidation sites excluding steroid dienone is 2. The van der Waals surface area contributed by atoms with Gasteiger partial charge in [-0.1, -0.05) is 48.6 Å². The molecule has 18 heavy (non-hydrogen) atoms. The fourth-order valence-electron chi connectivity index (χ4n) is 1.34. The Morgan fingerprint density at radius 3 is 1.94 bits per heavy atom. The number of hydrogen-bond donors (Lipinski definition) is 0. The van der Waals surface area contributed by atoms with Crippen LogP contribution in [0.15, 0.2) is 54.6 Å². The predicted molar refractivity (Wildman–Crippen MR) is 70.9 cm³/mol. The van der Waals surface area contributed by atoms with Gasteiger partial charge in [0, 0.05) is 8.41 Å². The summed E-state index contributed by atoms with van der Waals surface area (Å²) in [5.41, 5.74) is 7.61. The Bertz CT molecular complexity index is 351. The maximum atomic E-state index is 7.61. The molecule has 1 N–H and O–H groups in total. The van der Waals surface area contributed by atoms with Gasteiger partial charge in [0.15, 0.2) is 0 Å². The van der Waals surface area contributed by atoms with Gasteiger partial charge in [0.2, 0.25) is 0 Å². The summed E-state index contributed by atoms with van der Waals surface area (Å²) in [5.74, 6) is 0. The standard InChI is InChI=1S/C8H12NSi.C5H5.2ClH.Ti/c1-10(2)8-6-4-3-5-7(8)9;1-2-4-5-3-1;;;/h3-7,9H,1-2H3;1-5H;2*1H;/q2*-1;;;+4/p-2. The minimum Gasteiger partial charge on any atom is -1.00 e. The van der Waals surface area contributed by atoms with Crippen LogP contribution in [0, 0.1) is 0 Å². The smallest absolute Gasteiger partial charge is 1.00 e. The Balaban J connectivity index is -0.000000245. The number of halogens is 2. The molecule has 1 atom stereocenters. The molecule has 0 bridgehead atoms. The fourth-order valence-corrected chi connectivity index (χ4v) is 2.49. The molecule has 1 aromatic rings. The van der Waals surface area contributed by atoms with Crippen LogP contribution in [0.1, 0.15) is 0 Å². The minimum atomic E-state index is -0.393. The van der Waals surface area contributed by atoms with Gasteiger partial charge in [-0.3, -0.25) is 0 Å². The molecule has 96 valence electrons. The van der Waals surface area contributed by atoms with Gasteiger partial charge in [0.05, 0.1) is 0 Å². The fraction of sp³-hybridized carbons (Fsp3) is 0.231. The summed E-state index contributed by atoms with van der Waals surface area (Å²) in [6.45, 7) is 4.45. The van der Waals surface area contributed by atoms with E-state index in [0.717, 1.165) is 0 Å². The first kappa shape index (κ1) is 23.3. The molecular formula is C13H17Cl2NSiTi. The van der Waals surface area contributed by atoms with Gasteiger partial charge in [0.25, 0.3) is 0 Å². The number of rotatable bonds is 0.